The quantitative estimate of drug-likeness (QED) is 0.885. The Hall–Kier alpha value is -1.19. The highest BCUT2D eigenvalue weighted by Gasteiger charge is 2.22. The van der Waals surface area contributed by atoms with Crippen LogP contribution in [0.4, 0.5) is 0 Å². The van der Waals surface area contributed by atoms with Gasteiger partial charge in [0.25, 0.3) is 0 Å². The molecule has 1 atom stereocenters. The maximum atomic E-state index is 4.16. The van der Waals surface area contributed by atoms with Crippen molar-refractivity contribution in [1.82, 2.24) is 10.3 Å². The second kappa shape index (κ2) is 5.63. The summed E-state index contributed by atoms with van der Waals surface area (Å²) in [6.45, 7) is 7.70. The van der Waals surface area contributed by atoms with E-state index in [2.05, 4.69) is 54.7 Å². The van der Waals surface area contributed by atoms with Gasteiger partial charge in [0.1, 0.15) is 0 Å². The molecular formula is C15H20N2S. The van der Waals surface area contributed by atoms with Crippen LogP contribution in [-0.2, 0) is 5.41 Å². The Morgan fingerprint density at radius 3 is 2.78 bits per heavy atom. The van der Waals surface area contributed by atoms with E-state index in [0.717, 1.165) is 6.54 Å². The maximum Gasteiger partial charge on any atom is 0.0315 e. The summed E-state index contributed by atoms with van der Waals surface area (Å²) in [6.07, 6.45) is 3.74. The summed E-state index contributed by atoms with van der Waals surface area (Å²) in [7, 11) is 0. The molecule has 0 aliphatic rings. The molecule has 0 spiro atoms. The molecule has 0 bridgehead atoms. The predicted molar refractivity (Wildman–Crippen MR) is 78.0 cm³/mol. The summed E-state index contributed by atoms with van der Waals surface area (Å²) in [5.74, 6) is 0. The van der Waals surface area contributed by atoms with Gasteiger partial charge >= 0.3 is 0 Å². The molecule has 2 nitrogen and oxygen atoms in total. The molecule has 2 heterocycles. The Kier molecular flexibility index (Phi) is 4.15. The van der Waals surface area contributed by atoms with E-state index in [1.165, 1.54) is 10.4 Å². The number of nitrogens with zero attached hydrogens (tertiary/aromatic N) is 1. The minimum Gasteiger partial charge on any atom is -0.309 e. The summed E-state index contributed by atoms with van der Waals surface area (Å²) in [4.78, 5) is 5.59. The van der Waals surface area contributed by atoms with Gasteiger partial charge in [-0.1, -0.05) is 26.0 Å². The number of aromatic nitrogens is 1. The molecule has 0 radical (unpaired) electrons. The van der Waals surface area contributed by atoms with Crippen LogP contribution in [0.3, 0.4) is 0 Å². The standard InChI is InChI=1S/C15H20N2S/c1-12(13-6-4-8-16-10-13)17-11-15(2,3)14-7-5-9-18-14/h4-10,12,17H,11H2,1-3H3. The lowest BCUT2D eigenvalue weighted by Crippen LogP contribution is -2.33. The van der Waals surface area contributed by atoms with Crippen molar-refractivity contribution >= 4 is 11.3 Å². The highest BCUT2D eigenvalue weighted by atomic mass is 32.1. The summed E-state index contributed by atoms with van der Waals surface area (Å²) in [6, 6.07) is 8.76. The molecule has 3 heteroatoms. The fourth-order valence-corrected chi connectivity index (χ4v) is 2.76. The lowest BCUT2D eigenvalue weighted by atomic mass is 9.91. The monoisotopic (exact) mass is 260 g/mol. The molecule has 0 aliphatic heterocycles. The fourth-order valence-electron chi connectivity index (χ4n) is 1.91. The normalized spacial score (nSPS) is 13.5. The number of hydrogen-bond acceptors (Lipinski definition) is 3. The van der Waals surface area contributed by atoms with Gasteiger partial charge in [-0.15, -0.1) is 11.3 Å². The zero-order chi connectivity index (χ0) is 13.0. The lowest BCUT2D eigenvalue weighted by Gasteiger charge is -2.26. The van der Waals surface area contributed by atoms with Gasteiger partial charge in [-0.2, -0.15) is 0 Å². The zero-order valence-corrected chi connectivity index (χ0v) is 12.0. The van der Waals surface area contributed by atoms with Crippen LogP contribution in [-0.4, -0.2) is 11.5 Å². The van der Waals surface area contributed by atoms with Gasteiger partial charge in [-0.3, -0.25) is 4.98 Å². The number of thiophene rings is 1. The first-order valence-electron chi connectivity index (χ1n) is 6.27. The van der Waals surface area contributed by atoms with Gasteiger partial charge in [-0.25, -0.2) is 0 Å². The Labute approximate surface area is 113 Å². The summed E-state index contributed by atoms with van der Waals surface area (Å²) >= 11 is 1.82. The predicted octanol–water partition coefficient (Wildman–Crippen LogP) is 3.77. The molecule has 0 saturated carbocycles. The van der Waals surface area contributed by atoms with Crippen LogP contribution in [0.15, 0.2) is 42.0 Å². The Morgan fingerprint density at radius 1 is 1.33 bits per heavy atom. The van der Waals surface area contributed by atoms with Crippen LogP contribution >= 0.6 is 11.3 Å². The Bertz CT molecular complexity index is 463. The summed E-state index contributed by atoms with van der Waals surface area (Å²) < 4.78 is 0. The van der Waals surface area contributed by atoms with E-state index >= 15 is 0 Å². The highest BCUT2D eigenvalue weighted by Crippen LogP contribution is 2.27. The molecule has 0 aromatic carbocycles. The van der Waals surface area contributed by atoms with E-state index in [0.29, 0.717) is 6.04 Å². The zero-order valence-electron chi connectivity index (χ0n) is 11.2. The first kappa shape index (κ1) is 13.2. The average molecular weight is 260 g/mol. The summed E-state index contributed by atoms with van der Waals surface area (Å²) in [5, 5.41) is 5.73. The van der Waals surface area contributed by atoms with Gasteiger partial charge in [0.2, 0.25) is 0 Å². The van der Waals surface area contributed by atoms with Crippen molar-refractivity contribution in [2.24, 2.45) is 0 Å². The maximum absolute atomic E-state index is 4.16. The van der Waals surface area contributed by atoms with E-state index in [-0.39, 0.29) is 5.41 Å². The molecule has 2 aromatic rings. The minimum atomic E-state index is 0.171. The number of hydrogen-bond donors (Lipinski definition) is 1. The largest absolute Gasteiger partial charge is 0.309 e. The van der Waals surface area contributed by atoms with Crippen molar-refractivity contribution in [1.29, 1.82) is 0 Å². The topological polar surface area (TPSA) is 24.9 Å². The van der Waals surface area contributed by atoms with Gasteiger partial charge in [0.15, 0.2) is 0 Å². The van der Waals surface area contributed by atoms with Gasteiger partial charge < -0.3 is 5.32 Å². The van der Waals surface area contributed by atoms with Crippen LogP contribution < -0.4 is 5.32 Å². The Morgan fingerprint density at radius 2 is 2.17 bits per heavy atom. The van der Waals surface area contributed by atoms with E-state index in [4.69, 9.17) is 0 Å². The van der Waals surface area contributed by atoms with Crippen LogP contribution in [0.2, 0.25) is 0 Å². The fraction of sp³-hybridized carbons (Fsp3) is 0.400. The van der Waals surface area contributed by atoms with Crippen LogP contribution in [0.1, 0.15) is 37.3 Å². The van der Waals surface area contributed by atoms with Crippen molar-refractivity contribution in [3.05, 3.63) is 52.5 Å². The van der Waals surface area contributed by atoms with Crippen molar-refractivity contribution in [2.45, 2.75) is 32.2 Å². The summed E-state index contributed by atoms with van der Waals surface area (Å²) in [5.41, 5.74) is 1.41. The molecule has 2 rings (SSSR count). The van der Waals surface area contributed by atoms with Crippen molar-refractivity contribution < 1.29 is 0 Å². The van der Waals surface area contributed by atoms with Crippen molar-refractivity contribution in [3.63, 3.8) is 0 Å². The molecule has 0 saturated heterocycles. The number of nitrogens with one attached hydrogen (secondary N) is 1. The third-order valence-electron chi connectivity index (χ3n) is 3.22. The van der Waals surface area contributed by atoms with Crippen LogP contribution in [0, 0.1) is 0 Å². The molecule has 0 fully saturated rings. The smallest absolute Gasteiger partial charge is 0.0315 e. The van der Waals surface area contributed by atoms with Crippen molar-refractivity contribution in [2.75, 3.05) is 6.54 Å². The third kappa shape index (κ3) is 3.18. The molecule has 1 unspecified atom stereocenters. The number of rotatable bonds is 5. The van der Waals surface area contributed by atoms with Gasteiger partial charge in [0, 0.05) is 35.3 Å². The molecule has 1 N–H and O–H groups in total. The second-order valence-corrected chi connectivity index (χ2v) is 6.20. The molecule has 96 valence electrons. The minimum absolute atomic E-state index is 0.171. The molecule has 2 aromatic heterocycles. The first-order chi connectivity index (χ1) is 8.59. The molecule has 0 amide bonds. The highest BCUT2D eigenvalue weighted by molar-refractivity contribution is 7.10. The van der Waals surface area contributed by atoms with Gasteiger partial charge in [-0.05, 0) is 30.0 Å². The SMILES string of the molecule is CC(NCC(C)(C)c1cccs1)c1cccnc1. The van der Waals surface area contributed by atoms with E-state index in [1.54, 1.807) is 0 Å². The first-order valence-corrected chi connectivity index (χ1v) is 7.15. The number of pyridine rings is 1. The van der Waals surface area contributed by atoms with Gasteiger partial charge in [0.05, 0.1) is 0 Å². The molecular weight excluding hydrogens is 240 g/mol. The Balaban J connectivity index is 1.96. The molecule has 0 aliphatic carbocycles. The van der Waals surface area contributed by atoms with Crippen LogP contribution in [0.5, 0.6) is 0 Å². The molecule has 18 heavy (non-hydrogen) atoms. The average Bonchev–Trinajstić information content (AvgIpc) is 2.92. The van der Waals surface area contributed by atoms with Crippen molar-refractivity contribution in [3.8, 4) is 0 Å². The van der Waals surface area contributed by atoms with E-state index < -0.39 is 0 Å². The second-order valence-electron chi connectivity index (χ2n) is 5.25. The van der Waals surface area contributed by atoms with Crippen LogP contribution in [0.25, 0.3) is 0 Å². The third-order valence-corrected chi connectivity index (χ3v) is 4.46. The lowest BCUT2D eigenvalue weighted by molar-refractivity contribution is 0.441. The van der Waals surface area contributed by atoms with E-state index in [9.17, 15) is 0 Å². The van der Waals surface area contributed by atoms with E-state index in [1.807, 2.05) is 29.8 Å².